The van der Waals surface area contributed by atoms with Crippen molar-refractivity contribution in [3.63, 3.8) is 0 Å². The van der Waals surface area contributed by atoms with Gasteiger partial charge in [0.1, 0.15) is 0 Å². The first kappa shape index (κ1) is 18.6. The summed E-state index contributed by atoms with van der Waals surface area (Å²) in [5.74, 6) is -0.611. The maximum absolute atomic E-state index is 11.3. The summed E-state index contributed by atoms with van der Waals surface area (Å²) < 4.78 is 7.32. The number of nitrogens with zero attached hydrogens (tertiary/aromatic N) is 1. The van der Waals surface area contributed by atoms with Crippen molar-refractivity contribution in [2.45, 2.75) is 20.8 Å². The molecule has 5 nitrogen and oxygen atoms in total. The number of carboxylic acid groups (broad SMARTS) is 1. The van der Waals surface area contributed by atoms with Gasteiger partial charge in [0.15, 0.2) is 11.5 Å². The van der Waals surface area contributed by atoms with Gasteiger partial charge < -0.3 is 19.5 Å². The average Bonchev–Trinajstić information content (AvgIpc) is 2.89. The van der Waals surface area contributed by atoms with Crippen molar-refractivity contribution in [2.75, 3.05) is 7.11 Å². The van der Waals surface area contributed by atoms with Gasteiger partial charge in [-0.15, -0.1) is 0 Å². The van der Waals surface area contributed by atoms with E-state index in [4.69, 9.17) is 4.74 Å². The van der Waals surface area contributed by atoms with Gasteiger partial charge in [-0.2, -0.15) is 0 Å². The van der Waals surface area contributed by atoms with E-state index in [0.29, 0.717) is 16.7 Å². The Bertz CT molecular complexity index is 1070. The Hall–Kier alpha value is -3.21. The van der Waals surface area contributed by atoms with Crippen LogP contribution in [0, 0.1) is 13.8 Å². The molecule has 0 atom stereocenters. The fourth-order valence-corrected chi connectivity index (χ4v) is 3.54. The Morgan fingerprint density at radius 2 is 1.81 bits per heavy atom. The molecule has 3 aromatic rings. The smallest absolute Gasteiger partial charge is 0.331 e. The number of hydrogen-bond acceptors (Lipinski definition) is 3. The Labute approximate surface area is 158 Å². The fraction of sp³-hybridized carbons (Fsp3) is 0.227. The minimum Gasteiger partial charge on any atom is -0.504 e. The Morgan fingerprint density at radius 3 is 2.37 bits per heavy atom. The molecule has 5 heteroatoms. The number of aromatic nitrogens is 1. The summed E-state index contributed by atoms with van der Waals surface area (Å²) in [7, 11) is 3.40. The van der Waals surface area contributed by atoms with Crippen molar-refractivity contribution in [3.05, 3.63) is 52.6 Å². The number of ether oxygens (including phenoxy) is 1. The molecule has 0 bridgehead atoms. The molecule has 0 aliphatic rings. The first-order chi connectivity index (χ1) is 12.8. The van der Waals surface area contributed by atoms with Crippen LogP contribution in [-0.2, 0) is 11.8 Å². The van der Waals surface area contributed by atoms with Gasteiger partial charge in [-0.3, -0.25) is 0 Å². The number of fused-ring (bicyclic) bond motifs is 1. The van der Waals surface area contributed by atoms with Crippen LogP contribution in [0.5, 0.6) is 11.5 Å². The molecule has 1 aromatic heterocycles. The monoisotopic (exact) mass is 365 g/mol. The predicted molar refractivity (Wildman–Crippen MR) is 107 cm³/mol. The highest BCUT2D eigenvalue weighted by Crippen LogP contribution is 2.44. The second kappa shape index (κ2) is 6.83. The quantitative estimate of drug-likeness (QED) is 0.660. The van der Waals surface area contributed by atoms with E-state index in [-0.39, 0.29) is 11.3 Å². The SMILES string of the molecule is COc1cc(/C=C(\C)C(=O)O)c2c(c(C)c(-c3ccc(C)cc3)n2C)c1O. The third-order valence-electron chi connectivity index (χ3n) is 4.92. The number of aryl methyl sites for hydroxylation is 3. The van der Waals surface area contributed by atoms with Gasteiger partial charge in [0.25, 0.3) is 0 Å². The molecule has 1 heterocycles. The molecule has 140 valence electrons. The minimum absolute atomic E-state index is 0.0593. The van der Waals surface area contributed by atoms with E-state index in [1.54, 1.807) is 19.1 Å². The second-order valence-corrected chi connectivity index (χ2v) is 6.77. The zero-order chi connectivity index (χ0) is 19.9. The van der Waals surface area contributed by atoms with E-state index in [2.05, 4.69) is 0 Å². The maximum atomic E-state index is 11.3. The highest BCUT2D eigenvalue weighted by molar-refractivity contribution is 6.03. The Kier molecular flexibility index (Phi) is 4.70. The first-order valence-corrected chi connectivity index (χ1v) is 8.63. The highest BCUT2D eigenvalue weighted by Gasteiger charge is 2.22. The number of hydrogen-bond donors (Lipinski definition) is 2. The molecule has 0 unspecified atom stereocenters. The molecule has 0 fully saturated rings. The zero-order valence-corrected chi connectivity index (χ0v) is 16.1. The normalized spacial score (nSPS) is 11.8. The lowest BCUT2D eigenvalue weighted by Gasteiger charge is -2.10. The van der Waals surface area contributed by atoms with Crippen LogP contribution in [0.4, 0.5) is 0 Å². The molecule has 2 N–H and O–H groups in total. The van der Waals surface area contributed by atoms with Crippen LogP contribution >= 0.6 is 0 Å². The van der Waals surface area contributed by atoms with E-state index in [1.807, 2.05) is 49.7 Å². The van der Waals surface area contributed by atoms with Crippen LogP contribution in [0.25, 0.3) is 28.2 Å². The van der Waals surface area contributed by atoms with Crippen LogP contribution in [0.3, 0.4) is 0 Å². The van der Waals surface area contributed by atoms with Gasteiger partial charge in [0, 0.05) is 23.6 Å². The third-order valence-corrected chi connectivity index (χ3v) is 4.92. The van der Waals surface area contributed by atoms with Crippen LogP contribution in [-0.4, -0.2) is 27.9 Å². The van der Waals surface area contributed by atoms with Crippen molar-refractivity contribution in [2.24, 2.45) is 7.05 Å². The zero-order valence-electron chi connectivity index (χ0n) is 16.1. The van der Waals surface area contributed by atoms with Crippen molar-refractivity contribution in [1.82, 2.24) is 4.57 Å². The van der Waals surface area contributed by atoms with Crippen molar-refractivity contribution >= 4 is 22.9 Å². The molecular formula is C22H23NO4. The second-order valence-electron chi connectivity index (χ2n) is 6.77. The summed E-state index contributed by atoms with van der Waals surface area (Å²) in [6.45, 7) is 5.53. The lowest BCUT2D eigenvalue weighted by atomic mass is 10.0. The molecule has 0 aliphatic carbocycles. The number of phenols is 1. The van der Waals surface area contributed by atoms with Gasteiger partial charge in [0.2, 0.25) is 0 Å². The summed E-state index contributed by atoms with van der Waals surface area (Å²) in [6.07, 6.45) is 1.60. The summed E-state index contributed by atoms with van der Waals surface area (Å²) in [5, 5.41) is 20.7. The number of carboxylic acids is 1. The van der Waals surface area contributed by atoms with E-state index in [0.717, 1.165) is 22.3 Å². The van der Waals surface area contributed by atoms with Gasteiger partial charge >= 0.3 is 5.97 Å². The number of phenolic OH excluding ortho intramolecular Hbond substituents is 1. The number of rotatable bonds is 4. The summed E-state index contributed by atoms with van der Waals surface area (Å²) in [4.78, 5) is 11.3. The highest BCUT2D eigenvalue weighted by atomic mass is 16.5. The molecule has 0 radical (unpaired) electrons. The summed E-state index contributed by atoms with van der Waals surface area (Å²) in [6, 6.07) is 9.85. The predicted octanol–water partition coefficient (Wildman–Crippen LogP) is 4.66. The standard InChI is InChI=1S/C22H23NO4/c1-12-6-8-15(9-7-12)19-14(3)18-20(23(19)4)16(10-13(2)22(25)26)11-17(27-5)21(18)24/h6-11,24H,1-5H3,(H,25,26)/b13-10+. The van der Waals surface area contributed by atoms with Crippen LogP contribution in [0.2, 0.25) is 0 Å². The van der Waals surface area contributed by atoms with E-state index >= 15 is 0 Å². The van der Waals surface area contributed by atoms with Crippen LogP contribution in [0.1, 0.15) is 23.6 Å². The topological polar surface area (TPSA) is 71.7 Å². The Morgan fingerprint density at radius 1 is 1.19 bits per heavy atom. The summed E-state index contributed by atoms with van der Waals surface area (Å²) in [5.41, 5.74) is 5.73. The first-order valence-electron chi connectivity index (χ1n) is 8.63. The van der Waals surface area contributed by atoms with Gasteiger partial charge in [-0.25, -0.2) is 4.79 Å². The van der Waals surface area contributed by atoms with E-state index < -0.39 is 5.97 Å². The maximum Gasteiger partial charge on any atom is 0.331 e. The van der Waals surface area contributed by atoms with Crippen LogP contribution < -0.4 is 4.74 Å². The molecule has 0 saturated carbocycles. The van der Waals surface area contributed by atoms with Gasteiger partial charge in [-0.1, -0.05) is 29.8 Å². The average molecular weight is 365 g/mol. The number of carbonyl (C=O) groups is 1. The van der Waals surface area contributed by atoms with E-state index in [1.165, 1.54) is 12.7 Å². The molecule has 3 rings (SSSR count). The van der Waals surface area contributed by atoms with E-state index in [9.17, 15) is 15.0 Å². The fourth-order valence-electron chi connectivity index (χ4n) is 3.54. The van der Waals surface area contributed by atoms with Crippen molar-refractivity contribution in [1.29, 1.82) is 0 Å². The number of benzene rings is 2. The molecular weight excluding hydrogens is 342 g/mol. The van der Waals surface area contributed by atoms with Crippen molar-refractivity contribution in [3.8, 4) is 22.8 Å². The molecule has 2 aromatic carbocycles. The number of methoxy groups -OCH3 is 1. The minimum atomic E-state index is -0.986. The van der Waals surface area contributed by atoms with Crippen LogP contribution in [0.15, 0.2) is 35.9 Å². The molecule has 0 amide bonds. The Balaban J connectivity index is 2.43. The molecule has 0 spiro atoms. The van der Waals surface area contributed by atoms with Gasteiger partial charge in [0.05, 0.1) is 18.3 Å². The van der Waals surface area contributed by atoms with Gasteiger partial charge in [-0.05, 0) is 44.0 Å². The number of aliphatic carboxylic acids is 1. The third kappa shape index (κ3) is 3.05. The molecule has 0 saturated heterocycles. The summed E-state index contributed by atoms with van der Waals surface area (Å²) >= 11 is 0. The molecule has 0 aliphatic heterocycles. The number of aromatic hydroxyl groups is 1. The lowest BCUT2D eigenvalue weighted by molar-refractivity contribution is -0.132. The lowest BCUT2D eigenvalue weighted by Crippen LogP contribution is -1.98. The largest absolute Gasteiger partial charge is 0.504 e. The molecule has 27 heavy (non-hydrogen) atoms. The van der Waals surface area contributed by atoms with Crippen molar-refractivity contribution < 1.29 is 19.7 Å².